The molecule has 0 atom stereocenters. The molecule has 0 aliphatic rings. The lowest BCUT2D eigenvalue weighted by molar-refractivity contribution is -0.119. The molecule has 0 bridgehead atoms. The van der Waals surface area contributed by atoms with Gasteiger partial charge in [-0.3, -0.25) is 4.79 Å². The summed E-state index contributed by atoms with van der Waals surface area (Å²) in [6.07, 6.45) is 0.435. The van der Waals surface area contributed by atoms with Crippen LogP contribution in [0.1, 0.15) is 5.56 Å². The lowest BCUT2D eigenvalue weighted by Crippen LogP contribution is -2.22. The van der Waals surface area contributed by atoms with Crippen LogP contribution >= 0.6 is 15.9 Å². The van der Waals surface area contributed by atoms with Gasteiger partial charge in [0, 0.05) is 5.33 Å². The molecule has 0 spiro atoms. The standard InChI is InChI=1S/C10H11BrNO/c11-6-7-12-10(13)8-9-4-2-1-3-5-9/h1-5,7H,6,8H2,(H,12,13). The maximum absolute atomic E-state index is 11.2. The van der Waals surface area contributed by atoms with Crippen molar-refractivity contribution < 1.29 is 4.79 Å². The molecule has 69 valence electrons. The van der Waals surface area contributed by atoms with E-state index in [0.29, 0.717) is 11.8 Å². The normalized spacial score (nSPS) is 9.62. The fourth-order valence-corrected chi connectivity index (χ4v) is 1.15. The average molecular weight is 241 g/mol. The summed E-state index contributed by atoms with van der Waals surface area (Å²) >= 11 is 3.19. The molecule has 0 fully saturated rings. The minimum Gasteiger partial charge on any atom is -0.350 e. The Morgan fingerprint density at radius 1 is 1.38 bits per heavy atom. The highest BCUT2D eigenvalue weighted by Crippen LogP contribution is 1.99. The van der Waals surface area contributed by atoms with E-state index in [1.165, 1.54) is 0 Å². The van der Waals surface area contributed by atoms with Gasteiger partial charge in [-0.25, -0.2) is 0 Å². The number of carbonyl (C=O) groups is 1. The number of benzene rings is 1. The number of hydrogen-bond acceptors (Lipinski definition) is 1. The third-order valence-corrected chi connectivity index (χ3v) is 1.87. The SMILES string of the molecule is O=C(Cc1ccccc1)N[CH]CBr. The van der Waals surface area contributed by atoms with Crippen LogP contribution in [0.4, 0.5) is 0 Å². The van der Waals surface area contributed by atoms with Crippen LogP contribution < -0.4 is 5.32 Å². The second-order valence-corrected chi connectivity index (χ2v) is 3.24. The van der Waals surface area contributed by atoms with Crippen molar-refractivity contribution in [1.82, 2.24) is 5.32 Å². The predicted molar refractivity (Wildman–Crippen MR) is 56.4 cm³/mol. The van der Waals surface area contributed by atoms with E-state index < -0.39 is 0 Å². The quantitative estimate of drug-likeness (QED) is 0.801. The van der Waals surface area contributed by atoms with Crippen LogP contribution in [0.2, 0.25) is 0 Å². The molecule has 0 saturated heterocycles. The van der Waals surface area contributed by atoms with Gasteiger partial charge in [0.2, 0.25) is 5.91 Å². The van der Waals surface area contributed by atoms with Gasteiger partial charge in [0.05, 0.1) is 13.0 Å². The highest BCUT2D eigenvalue weighted by molar-refractivity contribution is 9.09. The van der Waals surface area contributed by atoms with Crippen molar-refractivity contribution in [3.05, 3.63) is 42.4 Å². The van der Waals surface area contributed by atoms with Crippen molar-refractivity contribution in [3.8, 4) is 0 Å². The fourth-order valence-electron chi connectivity index (χ4n) is 0.985. The molecule has 1 N–H and O–H groups in total. The summed E-state index contributed by atoms with van der Waals surface area (Å²) in [4.78, 5) is 11.2. The second kappa shape index (κ2) is 5.75. The van der Waals surface area contributed by atoms with Crippen LogP contribution in [0.25, 0.3) is 0 Å². The zero-order chi connectivity index (χ0) is 9.52. The minimum absolute atomic E-state index is 0.0191. The van der Waals surface area contributed by atoms with Gasteiger partial charge < -0.3 is 5.32 Å². The van der Waals surface area contributed by atoms with E-state index in [4.69, 9.17) is 0 Å². The Hall–Kier alpha value is -0.830. The Kier molecular flexibility index (Phi) is 4.54. The largest absolute Gasteiger partial charge is 0.350 e. The first-order valence-electron chi connectivity index (χ1n) is 4.04. The summed E-state index contributed by atoms with van der Waals surface area (Å²) in [5, 5.41) is 3.34. The van der Waals surface area contributed by atoms with E-state index in [1.807, 2.05) is 30.3 Å². The van der Waals surface area contributed by atoms with Gasteiger partial charge in [-0.1, -0.05) is 46.3 Å². The van der Waals surface area contributed by atoms with Crippen LogP contribution in [0.5, 0.6) is 0 Å². The van der Waals surface area contributed by atoms with Crippen LogP contribution in [0.3, 0.4) is 0 Å². The topological polar surface area (TPSA) is 29.1 Å². The Morgan fingerprint density at radius 3 is 2.69 bits per heavy atom. The third kappa shape index (κ3) is 4.08. The molecule has 2 nitrogen and oxygen atoms in total. The Bertz CT molecular complexity index is 261. The van der Waals surface area contributed by atoms with Crippen LogP contribution in [-0.4, -0.2) is 11.2 Å². The number of amides is 1. The molecule has 1 radical (unpaired) electrons. The lowest BCUT2D eigenvalue weighted by Gasteiger charge is -2.01. The molecule has 1 aromatic rings. The predicted octanol–water partition coefficient (Wildman–Crippen LogP) is 1.90. The number of rotatable bonds is 4. The van der Waals surface area contributed by atoms with Crippen molar-refractivity contribution in [2.45, 2.75) is 6.42 Å². The summed E-state index contributed by atoms with van der Waals surface area (Å²) in [5.74, 6) is 0.0191. The van der Waals surface area contributed by atoms with E-state index in [-0.39, 0.29) is 5.91 Å². The molecule has 1 rings (SSSR count). The van der Waals surface area contributed by atoms with Crippen molar-refractivity contribution in [2.24, 2.45) is 0 Å². The number of nitrogens with one attached hydrogen (secondary N) is 1. The van der Waals surface area contributed by atoms with Crippen molar-refractivity contribution in [1.29, 1.82) is 0 Å². The number of hydrogen-bond donors (Lipinski definition) is 1. The molecule has 0 aliphatic carbocycles. The smallest absolute Gasteiger partial charge is 0.224 e. The van der Waals surface area contributed by atoms with E-state index in [9.17, 15) is 4.79 Å². The van der Waals surface area contributed by atoms with E-state index >= 15 is 0 Å². The van der Waals surface area contributed by atoms with Gasteiger partial charge in [-0.2, -0.15) is 0 Å². The number of halogens is 1. The van der Waals surface area contributed by atoms with Gasteiger partial charge in [0.25, 0.3) is 0 Å². The molecule has 1 aromatic carbocycles. The van der Waals surface area contributed by atoms with Crippen molar-refractivity contribution in [3.63, 3.8) is 0 Å². The van der Waals surface area contributed by atoms with Gasteiger partial charge >= 0.3 is 0 Å². The van der Waals surface area contributed by atoms with E-state index in [2.05, 4.69) is 21.2 Å². The molecule has 0 aromatic heterocycles. The summed E-state index contributed by atoms with van der Waals surface area (Å²) in [6, 6.07) is 9.67. The minimum atomic E-state index is 0.0191. The summed E-state index contributed by atoms with van der Waals surface area (Å²) in [5.41, 5.74) is 1.03. The van der Waals surface area contributed by atoms with Gasteiger partial charge in [0.1, 0.15) is 0 Å². The molecular weight excluding hydrogens is 230 g/mol. The molecule has 0 unspecified atom stereocenters. The van der Waals surface area contributed by atoms with Crippen LogP contribution in [-0.2, 0) is 11.2 Å². The Balaban J connectivity index is 2.37. The molecule has 13 heavy (non-hydrogen) atoms. The zero-order valence-corrected chi connectivity index (χ0v) is 8.75. The zero-order valence-electron chi connectivity index (χ0n) is 7.16. The van der Waals surface area contributed by atoms with Crippen LogP contribution in [0, 0.1) is 6.54 Å². The molecule has 1 amide bonds. The molecule has 0 heterocycles. The molecular formula is C10H11BrNO. The van der Waals surface area contributed by atoms with Crippen molar-refractivity contribution >= 4 is 21.8 Å². The Morgan fingerprint density at radius 2 is 2.08 bits per heavy atom. The monoisotopic (exact) mass is 240 g/mol. The summed E-state index contributed by atoms with van der Waals surface area (Å²) in [7, 11) is 0. The molecule has 3 heteroatoms. The fraction of sp³-hybridized carbons (Fsp3) is 0.200. The lowest BCUT2D eigenvalue weighted by atomic mass is 10.1. The van der Waals surface area contributed by atoms with E-state index in [0.717, 1.165) is 5.56 Å². The van der Waals surface area contributed by atoms with Gasteiger partial charge in [-0.05, 0) is 5.56 Å². The maximum Gasteiger partial charge on any atom is 0.224 e. The van der Waals surface area contributed by atoms with Crippen LogP contribution in [0.15, 0.2) is 30.3 Å². The van der Waals surface area contributed by atoms with Gasteiger partial charge in [0.15, 0.2) is 0 Å². The first-order valence-corrected chi connectivity index (χ1v) is 5.16. The highest BCUT2D eigenvalue weighted by atomic mass is 79.9. The van der Waals surface area contributed by atoms with E-state index in [1.54, 1.807) is 6.54 Å². The number of carbonyl (C=O) groups excluding carboxylic acids is 1. The summed E-state index contributed by atoms with van der Waals surface area (Å²) < 4.78 is 0. The molecule has 0 saturated carbocycles. The first-order chi connectivity index (χ1) is 6.33. The number of alkyl halides is 1. The third-order valence-electron chi connectivity index (χ3n) is 1.55. The van der Waals surface area contributed by atoms with Crippen molar-refractivity contribution in [2.75, 3.05) is 5.33 Å². The second-order valence-electron chi connectivity index (χ2n) is 2.59. The first kappa shape index (κ1) is 10.3. The highest BCUT2D eigenvalue weighted by Gasteiger charge is 2.00. The van der Waals surface area contributed by atoms with Gasteiger partial charge in [-0.15, -0.1) is 0 Å². The average Bonchev–Trinajstić information content (AvgIpc) is 2.16. The maximum atomic E-state index is 11.2. The summed E-state index contributed by atoms with van der Waals surface area (Å²) in [6.45, 7) is 1.69. The molecule has 0 aliphatic heterocycles. The Labute approximate surface area is 86.5 Å².